The average molecular weight is 419 g/mol. The van der Waals surface area contributed by atoms with Crippen molar-refractivity contribution in [3.63, 3.8) is 0 Å². The molecule has 0 fully saturated rings. The number of amides is 2. The van der Waals surface area contributed by atoms with Crippen LogP contribution in [0.3, 0.4) is 0 Å². The van der Waals surface area contributed by atoms with Gasteiger partial charge in [0.2, 0.25) is 0 Å². The molecular formula is C24H25N3O4. The molecule has 160 valence electrons. The molecule has 2 N–H and O–H groups in total. The van der Waals surface area contributed by atoms with Crippen LogP contribution in [0.15, 0.2) is 71.3 Å². The number of nitrogens with one attached hydrogen (secondary N) is 2. The predicted octanol–water partition coefficient (Wildman–Crippen LogP) is 3.14. The first-order valence-corrected chi connectivity index (χ1v) is 10.2. The smallest absolute Gasteiger partial charge is 0.313 e. The summed E-state index contributed by atoms with van der Waals surface area (Å²) in [5.74, 6) is -0.0680. The van der Waals surface area contributed by atoms with Crippen molar-refractivity contribution in [1.82, 2.24) is 10.2 Å². The third-order valence-corrected chi connectivity index (χ3v) is 5.46. The molecule has 7 heteroatoms. The zero-order valence-corrected chi connectivity index (χ0v) is 17.3. The molecule has 0 spiro atoms. The molecule has 0 saturated heterocycles. The van der Waals surface area contributed by atoms with E-state index in [1.54, 1.807) is 37.6 Å². The normalized spacial score (nSPS) is 14.4. The van der Waals surface area contributed by atoms with E-state index in [1.165, 1.54) is 11.1 Å². The zero-order valence-electron chi connectivity index (χ0n) is 17.3. The van der Waals surface area contributed by atoms with E-state index in [9.17, 15) is 9.59 Å². The molecule has 1 aromatic heterocycles. The number of nitrogens with zero attached hydrogens (tertiary/aromatic N) is 1. The van der Waals surface area contributed by atoms with Gasteiger partial charge in [0.15, 0.2) is 0 Å². The highest BCUT2D eigenvalue weighted by atomic mass is 16.5. The summed E-state index contributed by atoms with van der Waals surface area (Å²) in [5.41, 5.74) is 3.11. The van der Waals surface area contributed by atoms with Crippen molar-refractivity contribution >= 4 is 17.5 Å². The number of hydrogen-bond acceptors (Lipinski definition) is 5. The second kappa shape index (κ2) is 9.49. The molecule has 0 bridgehead atoms. The fraction of sp³-hybridized carbons (Fsp3) is 0.250. The number of anilines is 1. The average Bonchev–Trinajstić information content (AvgIpc) is 3.33. The monoisotopic (exact) mass is 419 g/mol. The van der Waals surface area contributed by atoms with E-state index in [-0.39, 0.29) is 12.6 Å². The highest BCUT2D eigenvalue weighted by Gasteiger charge is 2.27. The van der Waals surface area contributed by atoms with Gasteiger partial charge in [0.25, 0.3) is 0 Å². The maximum Gasteiger partial charge on any atom is 0.313 e. The third-order valence-electron chi connectivity index (χ3n) is 5.46. The summed E-state index contributed by atoms with van der Waals surface area (Å²) >= 11 is 0. The van der Waals surface area contributed by atoms with Crippen molar-refractivity contribution in [3.8, 4) is 5.75 Å². The second-order valence-corrected chi connectivity index (χ2v) is 7.42. The maximum absolute atomic E-state index is 12.5. The summed E-state index contributed by atoms with van der Waals surface area (Å²) in [6, 6.07) is 18.8. The van der Waals surface area contributed by atoms with Crippen LogP contribution in [-0.2, 0) is 22.6 Å². The molecule has 0 radical (unpaired) electrons. The van der Waals surface area contributed by atoms with Crippen LogP contribution in [0.2, 0.25) is 0 Å². The number of carbonyl (C=O) groups is 2. The highest BCUT2D eigenvalue weighted by Crippen LogP contribution is 2.28. The Labute approximate surface area is 181 Å². The van der Waals surface area contributed by atoms with Gasteiger partial charge in [-0.25, -0.2) is 0 Å². The van der Waals surface area contributed by atoms with Gasteiger partial charge in [0.1, 0.15) is 11.5 Å². The molecule has 1 atom stereocenters. The van der Waals surface area contributed by atoms with Crippen LogP contribution in [0.4, 0.5) is 5.69 Å². The number of benzene rings is 2. The Kier molecular flexibility index (Phi) is 6.33. The van der Waals surface area contributed by atoms with Crippen LogP contribution in [0.1, 0.15) is 22.9 Å². The Morgan fingerprint density at radius 1 is 1.06 bits per heavy atom. The van der Waals surface area contributed by atoms with Crippen molar-refractivity contribution in [2.45, 2.75) is 19.0 Å². The fourth-order valence-corrected chi connectivity index (χ4v) is 3.83. The van der Waals surface area contributed by atoms with Crippen LogP contribution in [-0.4, -0.2) is 36.9 Å². The summed E-state index contributed by atoms with van der Waals surface area (Å²) in [7, 11) is 1.54. The number of furan rings is 1. The topological polar surface area (TPSA) is 83.8 Å². The Bertz CT molecular complexity index is 1050. The molecule has 2 amide bonds. The van der Waals surface area contributed by atoms with Gasteiger partial charge in [0.05, 0.1) is 19.4 Å². The van der Waals surface area contributed by atoms with Crippen LogP contribution in [0.5, 0.6) is 5.75 Å². The lowest BCUT2D eigenvalue weighted by atomic mass is 9.98. The Balaban J connectivity index is 1.41. The summed E-state index contributed by atoms with van der Waals surface area (Å²) in [6.45, 7) is 1.86. The van der Waals surface area contributed by atoms with E-state index in [0.29, 0.717) is 11.4 Å². The van der Waals surface area contributed by atoms with Crippen LogP contribution in [0.25, 0.3) is 0 Å². The molecule has 2 aromatic carbocycles. The Morgan fingerprint density at radius 3 is 2.68 bits per heavy atom. The van der Waals surface area contributed by atoms with Crippen molar-refractivity contribution in [2.24, 2.45) is 0 Å². The molecule has 31 heavy (non-hydrogen) atoms. The number of rotatable bonds is 6. The quantitative estimate of drug-likeness (QED) is 0.600. The summed E-state index contributed by atoms with van der Waals surface area (Å²) in [4.78, 5) is 27.1. The van der Waals surface area contributed by atoms with Gasteiger partial charge in [-0.05, 0) is 41.8 Å². The lowest BCUT2D eigenvalue weighted by Gasteiger charge is -2.34. The number of ether oxygens (including phenoxy) is 1. The SMILES string of the molecule is COc1cccc(NC(=O)C(=O)NC[C@H](c2ccco2)N2CCc3ccccc3C2)c1. The first kappa shape index (κ1) is 20.7. The summed E-state index contributed by atoms with van der Waals surface area (Å²) in [5, 5.41) is 5.36. The summed E-state index contributed by atoms with van der Waals surface area (Å²) < 4.78 is 10.8. The minimum atomic E-state index is -0.726. The van der Waals surface area contributed by atoms with E-state index < -0.39 is 11.8 Å². The van der Waals surface area contributed by atoms with E-state index in [1.807, 2.05) is 18.2 Å². The number of hydrogen-bond donors (Lipinski definition) is 2. The van der Waals surface area contributed by atoms with Gasteiger partial charge in [-0.3, -0.25) is 14.5 Å². The summed E-state index contributed by atoms with van der Waals surface area (Å²) in [6.07, 6.45) is 2.55. The van der Waals surface area contributed by atoms with Gasteiger partial charge in [-0.1, -0.05) is 30.3 Å². The first-order chi connectivity index (χ1) is 15.1. The molecule has 2 heterocycles. The maximum atomic E-state index is 12.5. The Hall–Kier alpha value is -3.58. The molecule has 0 saturated carbocycles. The molecular weight excluding hydrogens is 394 g/mol. The minimum Gasteiger partial charge on any atom is -0.497 e. The number of fused-ring (bicyclic) bond motifs is 1. The van der Waals surface area contributed by atoms with E-state index >= 15 is 0 Å². The van der Waals surface area contributed by atoms with Crippen molar-refractivity contribution in [1.29, 1.82) is 0 Å². The molecule has 1 aliphatic rings. The third kappa shape index (κ3) is 4.95. The molecule has 0 aliphatic carbocycles. The van der Waals surface area contributed by atoms with Gasteiger partial charge in [-0.2, -0.15) is 0 Å². The largest absolute Gasteiger partial charge is 0.497 e. The Morgan fingerprint density at radius 2 is 1.90 bits per heavy atom. The minimum absolute atomic E-state index is 0.170. The predicted molar refractivity (Wildman–Crippen MR) is 117 cm³/mol. The standard InChI is InChI=1S/C24H25N3O4/c1-30-20-9-4-8-19(14-20)26-24(29)23(28)25-15-21(22-10-5-13-31-22)27-12-11-17-6-2-3-7-18(17)16-27/h2-10,13-14,21H,11-12,15-16H2,1H3,(H,25,28)(H,26,29)/t21-/m1/s1. The number of carbonyl (C=O) groups excluding carboxylic acids is 2. The van der Waals surface area contributed by atoms with Gasteiger partial charge < -0.3 is 19.8 Å². The highest BCUT2D eigenvalue weighted by molar-refractivity contribution is 6.39. The van der Waals surface area contributed by atoms with Crippen molar-refractivity contribution in [3.05, 3.63) is 83.8 Å². The van der Waals surface area contributed by atoms with Crippen LogP contribution < -0.4 is 15.4 Å². The van der Waals surface area contributed by atoms with E-state index in [4.69, 9.17) is 9.15 Å². The van der Waals surface area contributed by atoms with Crippen molar-refractivity contribution < 1.29 is 18.7 Å². The lowest BCUT2D eigenvalue weighted by molar-refractivity contribution is -0.136. The van der Waals surface area contributed by atoms with E-state index in [2.05, 4.69) is 33.7 Å². The van der Waals surface area contributed by atoms with E-state index in [0.717, 1.165) is 25.3 Å². The molecule has 0 unspecified atom stereocenters. The van der Waals surface area contributed by atoms with Crippen LogP contribution >= 0.6 is 0 Å². The van der Waals surface area contributed by atoms with Gasteiger partial charge >= 0.3 is 11.8 Å². The van der Waals surface area contributed by atoms with Crippen LogP contribution in [0, 0.1) is 0 Å². The lowest BCUT2D eigenvalue weighted by Crippen LogP contribution is -2.43. The molecule has 7 nitrogen and oxygen atoms in total. The second-order valence-electron chi connectivity index (χ2n) is 7.42. The molecule has 3 aromatic rings. The fourth-order valence-electron chi connectivity index (χ4n) is 3.83. The molecule has 1 aliphatic heterocycles. The van der Waals surface area contributed by atoms with Gasteiger partial charge in [0, 0.05) is 31.4 Å². The van der Waals surface area contributed by atoms with Gasteiger partial charge in [-0.15, -0.1) is 0 Å². The molecule has 4 rings (SSSR count). The zero-order chi connectivity index (χ0) is 21.6. The van der Waals surface area contributed by atoms with Crippen molar-refractivity contribution in [2.75, 3.05) is 25.5 Å². The first-order valence-electron chi connectivity index (χ1n) is 10.2. The number of methoxy groups -OCH3 is 1.